The first-order valence-electron chi connectivity index (χ1n) is 10.7. The van der Waals surface area contributed by atoms with E-state index in [2.05, 4.69) is 51.2 Å². The standard InChI is InChI=1S/C26H23ClN4O/c1-16(30-31-26(32)17-11-13-28-14-12-17)18-9-10-24-22(15-18)19-6-4-7-20(19)25(29-24)21-5-2-3-8-23(21)27/h2-6,8-15,19-20,25,29H,7H2,1H3,(H,31,32)/b30-16-/t19-,20+,25-/m1/s1. The maximum Gasteiger partial charge on any atom is 0.271 e. The number of benzene rings is 2. The van der Waals surface area contributed by atoms with Gasteiger partial charge in [-0.1, -0.05) is 48.0 Å². The van der Waals surface area contributed by atoms with Crippen LogP contribution in [0.4, 0.5) is 5.69 Å². The number of hydrogen-bond donors (Lipinski definition) is 2. The van der Waals surface area contributed by atoms with Gasteiger partial charge >= 0.3 is 0 Å². The fourth-order valence-corrected chi connectivity index (χ4v) is 4.87. The molecular formula is C26H23ClN4O. The number of hydrazone groups is 1. The van der Waals surface area contributed by atoms with Gasteiger partial charge in [-0.25, -0.2) is 5.43 Å². The van der Waals surface area contributed by atoms with Gasteiger partial charge in [-0.15, -0.1) is 0 Å². The minimum Gasteiger partial charge on any atom is -0.378 e. The van der Waals surface area contributed by atoms with Gasteiger partial charge in [-0.3, -0.25) is 9.78 Å². The molecule has 0 unspecified atom stereocenters. The number of nitrogens with one attached hydrogen (secondary N) is 2. The van der Waals surface area contributed by atoms with Crippen LogP contribution in [0, 0.1) is 5.92 Å². The number of carbonyl (C=O) groups is 1. The predicted octanol–water partition coefficient (Wildman–Crippen LogP) is 5.72. The molecule has 1 aliphatic carbocycles. The number of carbonyl (C=O) groups excluding carboxylic acids is 1. The molecule has 0 fully saturated rings. The third-order valence-corrected chi connectivity index (χ3v) is 6.63. The van der Waals surface area contributed by atoms with Gasteiger partial charge in [0.1, 0.15) is 0 Å². The quantitative estimate of drug-likeness (QED) is 0.308. The molecule has 0 radical (unpaired) electrons. The number of anilines is 1. The van der Waals surface area contributed by atoms with Gasteiger partial charge in [-0.2, -0.15) is 5.10 Å². The lowest BCUT2D eigenvalue weighted by Crippen LogP contribution is -2.29. The van der Waals surface area contributed by atoms with E-state index in [-0.39, 0.29) is 11.9 Å². The van der Waals surface area contributed by atoms with E-state index in [9.17, 15) is 4.79 Å². The lowest BCUT2D eigenvalue weighted by molar-refractivity contribution is 0.0954. The van der Waals surface area contributed by atoms with Crippen LogP contribution in [0.3, 0.4) is 0 Å². The zero-order valence-electron chi connectivity index (χ0n) is 17.6. The fourth-order valence-electron chi connectivity index (χ4n) is 4.62. The molecule has 3 atom stereocenters. The highest BCUT2D eigenvalue weighted by molar-refractivity contribution is 6.31. The molecule has 2 aromatic carbocycles. The lowest BCUT2D eigenvalue weighted by atomic mass is 9.76. The van der Waals surface area contributed by atoms with Crippen LogP contribution in [0.5, 0.6) is 0 Å². The van der Waals surface area contributed by atoms with E-state index in [0.717, 1.165) is 34.0 Å². The second-order valence-electron chi connectivity index (χ2n) is 8.17. The minimum absolute atomic E-state index is 0.163. The van der Waals surface area contributed by atoms with Crippen molar-refractivity contribution in [3.05, 3.63) is 106 Å². The van der Waals surface area contributed by atoms with Crippen LogP contribution in [-0.4, -0.2) is 16.6 Å². The van der Waals surface area contributed by atoms with Crippen molar-refractivity contribution in [2.75, 3.05) is 5.32 Å². The number of aromatic nitrogens is 1. The molecule has 2 heterocycles. The zero-order chi connectivity index (χ0) is 22.1. The van der Waals surface area contributed by atoms with Crippen LogP contribution in [0.2, 0.25) is 5.02 Å². The summed E-state index contributed by atoms with van der Waals surface area (Å²) in [7, 11) is 0. The molecule has 2 N–H and O–H groups in total. The molecule has 1 amide bonds. The highest BCUT2D eigenvalue weighted by Crippen LogP contribution is 2.50. The van der Waals surface area contributed by atoms with E-state index in [1.165, 1.54) is 5.56 Å². The Balaban J connectivity index is 1.41. The number of fused-ring (bicyclic) bond motifs is 3. The molecule has 5 rings (SSSR count). The summed E-state index contributed by atoms with van der Waals surface area (Å²) in [6, 6.07) is 17.9. The van der Waals surface area contributed by atoms with Gasteiger partial charge < -0.3 is 5.32 Å². The Morgan fingerprint density at radius 1 is 1.09 bits per heavy atom. The van der Waals surface area contributed by atoms with Gasteiger partial charge in [0.25, 0.3) is 5.91 Å². The summed E-state index contributed by atoms with van der Waals surface area (Å²) >= 11 is 6.53. The van der Waals surface area contributed by atoms with E-state index < -0.39 is 0 Å². The Labute approximate surface area is 192 Å². The first-order chi connectivity index (χ1) is 15.6. The maximum atomic E-state index is 12.3. The van der Waals surface area contributed by atoms with Crippen LogP contribution < -0.4 is 10.7 Å². The number of halogens is 1. The average molecular weight is 443 g/mol. The van der Waals surface area contributed by atoms with Crippen LogP contribution in [0.1, 0.15) is 52.4 Å². The van der Waals surface area contributed by atoms with Crippen molar-refractivity contribution in [1.29, 1.82) is 0 Å². The molecule has 5 nitrogen and oxygen atoms in total. The number of amides is 1. The second kappa shape index (κ2) is 8.60. The molecule has 160 valence electrons. The fraction of sp³-hybridized carbons (Fsp3) is 0.192. The molecule has 6 heteroatoms. The van der Waals surface area contributed by atoms with E-state index >= 15 is 0 Å². The summed E-state index contributed by atoms with van der Waals surface area (Å²) in [5, 5.41) is 8.84. The van der Waals surface area contributed by atoms with Crippen molar-refractivity contribution in [2.24, 2.45) is 11.0 Å². The SMILES string of the molecule is C/C(=N/NC(=O)c1ccncc1)c1ccc2c(c1)[C@@H]1C=CC[C@@H]1[C@H](c1ccccc1Cl)N2. The van der Waals surface area contributed by atoms with E-state index in [4.69, 9.17) is 11.6 Å². The van der Waals surface area contributed by atoms with Crippen molar-refractivity contribution in [2.45, 2.75) is 25.3 Å². The van der Waals surface area contributed by atoms with Crippen molar-refractivity contribution in [3.63, 3.8) is 0 Å². The first-order valence-corrected chi connectivity index (χ1v) is 11.1. The normalized spacial score (nSPS) is 21.4. The number of nitrogens with zero attached hydrogens (tertiary/aromatic N) is 2. The monoisotopic (exact) mass is 442 g/mol. The Morgan fingerprint density at radius 3 is 2.72 bits per heavy atom. The molecule has 3 aromatic rings. The summed E-state index contributed by atoms with van der Waals surface area (Å²) < 4.78 is 0. The summed E-state index contributed by atoms with van der Waals surface area (Å²) in [5.74, 6) is 0.459. The van der Waals surface area contributed by atoms with Crippen molar-refractivity contribution in [1.82, 2.24) is 10.4 Å². The number of allylic oxidation sites excluding steroid dienone is 2. The van der Waals surface area contributed by atoms with Crippen LogP contribution in [0.15, 0.2) is 84.2 Å². The largest absolute Gasteiger partial charge is 0.378 e. The number of pyridine rings is 1. The molecule has 0 saturated heterocycles. The Bertz CT molecular complexity index is 1220. The predicted molar refractivity (Wildman–Crippen MR) is 128 cm³/mol. The molecule has 0 bridgehead atoms. The van der Waals surface area contributed by atoms with Crippen molar-refractivity contribution < 1.29 is 4.79 Å². The van der Waals surface area contributed by atoms with E-state index in [0.29, 0.717) is 17.4 Å². The number of rotatable bonds is 4. The van der Waals surface area contributed by atoms with E-state index in [1.54, 1.807) is 24.5 Å². The van der Waals surface area contributed by atoms with Gasteiger partial charge in [0, 0.05) is 34.6 Å². The molecule has 2 aliphatic rings. The lowest BCUT2D eigenvalue weighted by Gasteiger charge is -2.38. The third kappa shape index (κ3) is 3.80. The van der Waals surface area contributed by atoms with Gasteiger partial charge in [0.2, 0.25) is 0 Å². The first kappa shape index (κ1) is 20.5. The maximum absolute atomic E-state index is 12.3. The van der Waals surface area contributed by atoms with Crippen LogP contribution in [-0.2, 0) is 0 Å². The third-order valence-electron chi connectivity index (χ3n) is 6.29. The summed E-state index contributed by atoms with van der Waals surface area (Å²) in [5.41, 5.74) is 8.39. The van der Waals surface area contributed by atoms with Crippen LogP contribution >= 0.6 is 11.6 Å². The Kier molecular flexibility index (Phi) is 5.50. The molecule has 1 aromatic heterocycles. The van der Waals surface area contributed by atoms with Gasteiger partial charge in [-0.05, 0) is 66.3 Å². The van der Waals surface area contributed by atoms with Crippen LogP contribution in [0.25, 0.3) is 0 Å². The zero-order valence-corrected chi connectivity index (χ0v) is 18.4. The Morgan fingerprint density at radius 2 is 1.91 bits per heavy atom. The summed E-state index contributed by atoms with van der Waals surface area (Å²) in [6.45, 7) is 1.90. The minimum atomic E-state index is -0.257. The Hall–Kier alpha value is -3.44. The molecular weight excluding hydrogens is 420 g/mol. The molecule has 32 heavy (non-hydrogen) atoms. The number of hydrogen-bond acceptors (Lipinski definition) is 4. The van der Waals surface area contributed by atoms with Crippen molar-refractivity contribution >= 4 is 28.9 Å². The smallest absolute Gasteiger partial charge is 0.271 e. The summed E-state index contributed by atoms with van der Waals surface area (Å²) in [4.78, 5) is 16.2. The van der Waals surface area contributed by atoms with Gasteiger partial charge in [0.15, 0.2) is 0 Å². The summed E-state index contributed by atoms with van der Waals surface area (Å²) in [6.07, 6.45) is 8.74. The highest BCUT2D eigenvalue weighted by atomic mass is 35.5. The molecule has 1 aliphatic heterocycles. The van der Waals surface area contributed by atoms with E-state index in [1.807, 2.05) is 31.2 Å². The van der Waals surface area contributed by atoms with Crippen molar-refractivity contribution in [3.8, 4) is 0 Å². The topological polar surface area (TPSA) is 66.4 Å². The van der Waals surface area contributed by atoms with Gasteiger partial charge in [0.05, 0.1) is 11.8 Å². The average Bonchev–Trinajstić information content (AvgIpc) is 3.33. The molecule has 0 saturated carbocycles. The highest BCUT2D eigenvalue weighted by Gasteiger charge is 2.38. The molecule has 0 spiro atoms. The second-order valence-corrected chi connectivity index (χ2v) is 8.58.